The maximum Gasteiger partial charge on any atom is 0.273 e. The van der Waals surface area contributed by atoms with Crippen molar-refractivity contribution < 1.29 is 9.53 Å². The lowest BCUT2D eigenvalue weighted by Crippen LogP contribution is -2.48. The number of ether oxygens (including phenoxy) is 1. The summed E-state index contributed by atoms with van der Waals surface area (Å²) in [5, 5.41) is 20.2. The number of rotatable bonds is 6. The van der Waals surface area contributed by atoms with Crippen LogP contribution in [0.3, 0.4) is 0 Å². The Kier molecular flexibility index (Phi) is 8.13. The molecule has 5 rings (SSSR count). The van der Waals surface area contributed by atoms with Gasteiger partial charge >= 0.3 is 0 Å². The number of nitrogens with two attached hydrogens (primary N) is 2. The number of nitrogens with zero attached hydrogens (tertiary/aromatic N) is 5. The van der Waals surface area contributed by atoms with Crippen molar-refractivity contribution in [3.05, 3.63) is 29.6 Å². The molecule has 3 heterocycles. The number of nitrogens with one attached hydrogen (secondary N) is 2. The van der Waals surface area contributed by atoms with Crippen LogP contribution in [0.5, 0.6) is 0 Å². The van der Waals surface area contributed by atoms with Crippen molar-refractivity contribution in [1.82, 2.24) is 25.0 Å². The van der Waals surface area contributed by atoms with Gasteiger partial charge in [0.25, 0.3) is 5.91 Å². The third-order valence-electron chi connectivity index (χ3n) is 6.24. The first-order valence-corrected chi connectivity index (χ1v) is 10.9. The van der Waals surface area contributed by atoms with Crippen LogP contribution in [0.25, 0.3) is 10.9 Å². The zero-order valence-electron chi connectivity index (χ0n) is 18.7. The topological polar surface area (TPSA) is 159 Å². The summed E-state index contributed by atoms with van der Waals surface area (Å²) in [6, 6.07) is 4.21. The van der Waals surface area contributed by atoms with Crippen LogP contribution in [0.2, 0.25) is 0 Å². The predicted molar refractivity (Wildman–Crippen MR) is 134 cm³/mol. The van der Waals surface area contributed by atoms with Crippen LogP contribution in [0.4, 0.5) is 17.5 Å². The van der Waals surface area contributed by atoms with E-state index >= 15 is 0 Å². The number of aryl methyl sites for hydroxylation is 1. The van der Waals surface area contributed by atoms with Crippen molar-refractivity contribution in [2.24, 2.45) is 11.5 Å². The fourth-order valence-electron chi connectivity index (χ4n) is 4.20. The minimum atomic E-state index is -0.709. The van der Waals surface area contributed by atoms with E-state index in [1.807, 2.05) is 25.3 Å². The molecule has 2 aromatic heterocycles. The number of hydrogen-bond acceptors (Lipinski definition) is 9. The number of anilines is 3. The Balaban J connectivity index is 0.00000162. The van der Waals surface area contributed by atoms with Crippen molar-refractivity contribution in [1.29, 1.82) is 0 Å². The standard InChI is InChI=1S/C21H27N9O2.2ClH/c1-11-7-12(8-17-14(11)9-24-30(17)13-3-2-4-13)25-20-18(19(23)31)28-29-21(27-20)26-16-5-6-32-10-15(16)22;;/h7-9,13,15-16H,2-6,10,22H2,1H3,(H2,23,31)(H2,25,26,27,29);2*1H/t15-,16+;;/m0../s1. The maximum absolute atomic E-state index is 12.0. The van der Waals surface area contributed by atoms with Crippen molar-refractivity contribution in [3.8, 4) is 0 Å². The van der Waals surface area contributed by atoms with E-state index in [-0.39, 0.29) is 54.4 Å². The predicted octanol–water partition coefficient (Wildman–Crippen LogP) is 2.47. The normalized spacial score (nSPS) is 20.1. The van der Waals surface area contributed by atoms with Crippen LogP contribution < -0.4 is 22.1 Å². The van der Waals surface area contributed by atoms with Crippen LogP contribution in [0.15, 0.2) is 18.3 Å². The number of hydrogen-bond donors (Lipinski definition) is 4. The molecule has 1 saturated heterocycles. The molecule has 0 radical (unpaired) electrons. The smallest absolute Gasteiger partial charge is 0.273 e. The number of aromatic nitrogens is 5. The van der Waals surface area contributed by atoms with E-state index in [4.69, 9.17) is 16.2 Å². The van der Waals surface area contributed by atoms with Gasteiger partial charge in [-0.1, -0.05) is 0 Å². The number of benzene rings is 1. The lowest BCUT2D eigenvalue weighted by atomic mass is 9.93. The van der Waals surface area contributed by atoms with Gasteiger partial charge in [-0.05, 0) is 50.3 Å². The fourth-order valence-corrected chi connectivity index (χ4v) is 4.20. The molecule has 11 nitrogen and oxygen atoms in total. The molecular weight excluding hydrogens is 481 g/mol. The molecule has 1 amide bonds. The molecule has 34 heavy (non-hydrogen) atoms. The van der Waals surface area contributed by atoms with Gasteiger partial charge in [0.1, 0.15) is 0 Å². The second-order valence-electron chi connectivity index (χ2n) is 8.50. The minimum absolute atomic E-state index is 0. The first kappa shape index (κ1) is 25.9. The van der Waals surface area contributed by atoms with Crippen LogP contribution in [-0.4, -0.2) is 56.2 Å². The van der Waals surface area contributed by atoms with Crippen LogP contribution in [0.1, 0.15) is 47.8 Å². The minimum Gasteiger partial charge on any atom is -0.380 e. The van der Waals surface area contributed by atoms with Crippen molar-refractivity contribution >= 4 is 59.1 Å². The van der Waals surface area contributed by atoms with E-state index in [1.54, 1.807) is 0 Å². The summed E-state index contributed by atoms with van der Waals surface area (Å²) in [7, 11) is 0. The molecule has 0 unspecified atom stereocenters. The highest BCUT2D eigenvalue weighted by Crippen LogP contribution is 2.35. The lowest BCUT2D eigenvalue weighted by Gasteiger charge is -2.29. The monoisotopic (exact) mass is 509 g/mol. The molecular formula is C21H29Cl2N9O2. The van der Waals surface area contributed by atoms with Gasteiger partial charge in [-0.2, -0.15) is 10.1 Å². The van der Waals surface area contributed by atoms with E-state index in [1.165, 1.54) is 6.42 Å². The molecule has 1 saturated carbocycles. The number of fused-ring (bicyclic) bond motifs is 1. The van der Waals surface area contributed by atoms with E-state index in [0.29, 0.717) is 19.3 Å². The summed E-state index contributed by atoms with van der Waals surface area (Å²) >= 11 is 0. The summed E-state index contributed by atoms with van der Waals surface area (Å²) in [6.45, 7) is 3.10. The zero-order chi connectivity index (χ0) is 22.2. The SMILES string of the molecule is Cc1cc(Nc2nc(N[C@@H]3CCOC[C@@H]3N)nnc2C(N)=O)cc2c1cnn2C1CCC1.Cl.Cl. The average Bonchev–Trinajstić information content (AvgIpc) is 3.12. The molecule has 0 spiro atoms. The van der Waals surface area contributed by atoms with Gasteiger partial charge in [-0.25, -0.2) is 0 Å². The first-order chi connectivity index (χ1) is 15.5. The lowest BCUT2D eigenvalue weighted by molar-refractivity contribution is 0.0751. The molecule has 1 aromatic carbocycles. The van der Waals surface area contributed by atoms with Crippen LogP contribution in [-0.2, 0) is 4.74 Å². The Bertz CT molecular complexity index is 1170. The van der Waals surface area contributed by atoms with Gasteiger partial charge in [0, 0.05) is 29.8 Å². The van der Waals surface area contributed by atoms with Gasteiger partial charge in [0.05, 0.1) is 24.4 Å². The Labute approximate surface area is 209 Å². The molecule has 2 atom stereocenters. The largest absolute Gasteiger partial charge is 0.380 e. The van der Waals surface area contributed by atoms with Gasteiger partial charge in [0.2, 0.25) is 5.95 Å². The molecule has 184 valence electrons. The summed E-state index contributed by atoms with van der Waals surface area (Å²) in [4.78, 5) is 16.4. The van der Waals surface area contributed by atoms with E-state index in [0.717, 1.165) is 41.4 Å². The second kappa shape index (κ2) is 10.7. The molecule has 3 aromatic rings. The fraction of sp³-hybridized carbons (Fsp3) is 0.476. The number of amides is 1. The third kappa shape index (κ3) is 5.02. The van der Waals surface area contributed by atoms with Crippen molar-refractivity contribution in [3.63, 3.8) is 0 Å². The average molecular weight is 510 g/mol. The van der Waals surface area contributed by atoms with E-state index in [9.17, 15) is 4.79 Å². The van der Waals surface area contributed by atoms with E-state index < -0.39 is 5.91 Å². The second-order valence-corrected chi connectivity index (χ2v) is 8.50. The Hall–Kier alpha value is -2.73. The van der Waals surface area contributed by atoms with Crippen molar-refractivity contribution in [2.75, 3.05) is 23.8 Å². The van der Waals surface area contributed by atoms with Gasteiger partial charge in [0.15, 0.2) is 11.5 Å². The molecule has 0 bridgehead atoms. The molecule has 1 aliphatic carbocycles. The van der Waals surface area contributed by atoms with Crippen LogP contribution >= 0.6 is 24.8 Å². The summed E-state index contributed by atoms with van der Waals surface area (Å²) in [5.74, 6) is -0.194. The molecule has 6 N–H and O–H groups in total. The number of primary amides is 1. The van der Waals surface area contributed by atoms with Gasteiger partial charge in [-0.3, -0.25) is 9.48 Å². The highest BCUT2D eigenvalue weighted by Gasteiger charge is 2.25. The number of halogens is 2. The van der Waals surface area contributed by atoms with Crippen LogP contribution in [0, 0.1) is 6.92 Å². The van der Waals surface area contributed by atoms with E-state index in [2.05, 4.69) is 35.6 Å². The quantitative estimate of drug-likeness (QED) is 0.391. The summed E-state index contributed by atoms with van der Waals surface area (Å²) < 4.78 is 7.47. The number of carbonyl (C=O) groups excluding carboxylic acids is 1. The highest BCUT2D eigenvalue weighted by atomic mass is 35.5. The Morgan fingerprint density at radius 2 is 2.00 bits per heavy atom. The molecule has 1 aliphatic heterocycles. The molecule has 2 fully saturated rings. The highest BCUT2D eigenvalue weighted by molar-refractivity contribution is 5.96. The number of carbonyl (C=O) groups is 1. The third-order valence-corrected chi connectivity index (χ3v) is 6.24. The Morgan fingerprint density at radius 1 is 1.21 bits per heavy atom. The van der Waals surface area contributed by atoms with Gasteiger partial charge in [-0.15, -0.1) is 35.0 Å². The zero-order valence-corrected chi connectivity index (χ0v) is 20.4. The summed E-state index contributed by atoms with van der Waals surface area (Å²) in [6.07, 6.45) is 6.14. The van der Waals surface area contributed by atoms with Gasteiger partial charge < -0.3 is 26.8 Å². The first-order valence-electron chi connectivity index (χ1n) is 10.9. The van der Waals surface area contributed by atoms with Crippen molar-refractivity contribution in [2.45, 2.75) is 50.7 Å². The maximum atomic E-state index is 12.0. The Morgan fingerprint density at radius 3 is 2.68 bits per heavy atom. The molecule has 13 heteroatoms. The summed E-state index contributed by atoms with van der Waals surface area (Å²) in [5.41, 5.74) is 14.5. The molecule has 2 aliphatic rings.